The van der Waals surface area contributed by atoms with Gasteiger partial charge in [0.05, 0.1) is 16.0 Å². The summed E-state index contributed by atoms with van der Waals surface area (Å²) in [6.07, 6.45) is 2.59. The highest BCUT2D eigenvalue weighted by atomic mass is 32.1. The van der Waals surface area contributed by atoms with Gasteiger partial charge in [-0.2, -0.15) is 0 Å². The molecule has 3 heterocycles. The van der Waals surface area contributed by atoms with Gasteiger partial charge in [-0.3, -0.25) is 14.9 Å². The molecule has 0 saturated heterocycles. The molecule has 3 rings (SSSR count). The van der Waals surface area contributed by atoms with E-state index in [2.05, 4.69) is 10.2 Å². The van der Waals surface area contributed by atoms with E-state index in [-0.39, 0.29) is 6.54 Å². The second-order valence-corrected chi connectivity index (χ2v) is 5.05. The number of hydrogen-bond donors (Lipinski definition) is 0. The lowest BCUT2D eigenvalue weighted by Gasteiger charge is -2.01. The molecular formula is C12H8N4O4S. The topological polar surface area (TPSA) is 104 Å². The first-order chi connectivity index (χ1) is 10.1. The zero-order chi connectivity index (χ0) is 14.8. The second-order valence-electron chi connectivity index (χ2n) is 4.10. The monoisotopic (exact) mass is 304 g/mol. The van der Waals surface area contributed by atoms with Crippen molar-refractivity contribution in [1.82, 2.24) is 14.8 Å². The van der Waals surface area contributed by atoms with Crippen LogP contribution in [0.4, 0.5) is 5.69 Å². The van der Waals surface area contributed by atoms with Crippen LogP contribution in [0.1, 0.15) is 5.89 Å². The smallest absolute Gasteiger partial charge is 0.332 e. The Hall–Kier alpha value is -2.81. The van der Waals surface area contributed by atoms with Gasteiger partial charge in [0.2, 0.25) is 5.89 Å². The van der Waals surface area contributed by atoms with Gasteiger partial charge in [0.25, 0.3) is 11.3 Å². The van der Waals surface area contributed by atoms with Crippen LogP contribution in [0.2, 0.25) is 0 Å². The number of aromatic nitrogens is 3. The fourth-order valence-electron chi connectivity index (χ4n) is 1.72. The van der Waals surface area contributed by atoms with E-state index in [0.29, 0.717) is 11.8 Å². The van der Waals surface area contributed by atoms with Crippen molar-refractivity contribution >= 4 is 17.0 Å². The number of hydrogen-bond acceptors (Lipinski definition) is 7. The van der Waals surface area contributed by atoms with Gasteiger partial charge in [0.15, 0.2) is 0 Å². The Labute approximate surface area is 121 Å². The van der Waals surface area contributed by atoms with Crippen LogP contribution in [-0.2, 0) is 6.54 Å². The van der Waals surface area contributed by atoms with Crippen LogP contribution < -0.4 is 5.43 Å². The Morgan fingerprint density at radius 2 is 2.24 bits per heavy atom. The fraction of sp³-hybridized carbons (Fsp3) is 0.0833. The Kier molecular flexibility index (Phi) is 3.32. The van der Waals surface area contributed by atoms with Crippen LogP contribution in [0, 0.1) is 10.1 Å². The molecule has 0 aliphatic rings. The zero-order valence-corrected chi connectivity index (χ0v) is 11.3. The Morgan fingerprint density at radius 3 is 2.95 bits per heavy atom. The molecule has 0 fully saturated rings. The van der Waals surface area contributed by atoms with Crippen LogP contribution in [0.15, 0.2) is 45.2 Å². The number of nitrogens with zero attached hydrogens (tertiary/aromatic N) is 4. The van der Waals surface area contributed by atoms with Crippen molar-refractivity contribution in [2.45, 2.75) is 6.54 Å². The summed E-state index contributed by atoms with van der Waals surface area (Å²) >= 11 is 1.47. The molecule has 0 aromatic carbocycles. The highest BCUT2D eigenvalue weighted by Crippen LogP contribution is 2.23. The first-order valence-electron chi connectivity index (χ1n) is 5.84. The van der Waals surface area contributed by atoms with Gasteiger partial charge in [0.1, 0.15) is 6.54 Å². The van der Waals surface area contributed by atoms with E-state index in [1.54, 1.807) is 0 Å². The second kappa shape index (κ2) is 5.29. The van der Waals surface area contributed by atoms with Crippen LogP contribution in [0.3, 0.4) is 0 Å². The Balaban J connectivity index is 1.86. The maximum atomic E-state index is 11.3. The molecule has 21 heavy (non-hydrogen) atoms. The molecule has 0 atom stereocenters. The predicted molar refractivity (Wildman–Crippen MR) is 74.1 cm³/mol. The fourth-order valence-corrected chi connectivity index (χ4v) is 2.37. The van der Waals surface area contributed by atoms with E-state index in [1.165, 1.54) is 22.1 Å². The van der Waals surface area contributed by atoms with Crippen molar-refractivity contribution in [1.29, 1.82) is 0 Å². The molecule has 0 bridgehead atoms. The molecule has 0 radical (unpaired) electrons. The minimum Gasteiger partial charge on any atom is -0.418 e. The summed E-state index contributed by atoms with van der Waals surface area (Å²) in [5.74, 6) is 0.701. The molecule has 106 valence electrons. The summed E-state index contributed by atoms with van der Waals surface area (Å²) in [6, 6.07) is 4.86. The zero-order valence-electron chi connectivity index (χ0n) is 10.5. The van der Waals surface area contributed by atoms with E-state index >= 15 is 0 Å². The van der Waals surface area contributed by atoms with Crippen LogP contribution in [0.25, 0.3) is 10.8 Å². The lowest BCUT2D eigenvalue weighted by Crippen LogP contribution is -2.11. The van der Waals surface area contributed by atoms with Gasteiger partial charge in [-0.15, -0.1) is 21.5 Å². The largest absolute Gasteiger partial charge is 0.418 e. The van der Waals surface area contributed by atoms with Gasteiger partial charge >= 0.3 is 5.69 Å². The molecular weight excluding hydrogens is 296 g/mol. The van der Waals surface area contributed by atoms with Gasteiger partial charge in [0, 0.05) is 12.3 Å². The normalized spacial score (nSPS) is 10.7. The average molecular weight is 304 g/mol. The first kappa shape index (κ1) is 13.2. The van der Waals surface area contributed by atoms with Crippen LogP contribution >= 0.6 is 11.3 Å². The molecule has 0 aliphatic heterocycles. The summed E-state index contributed by atoms with van der Waals surface area (Å²) in [5, 5.41) is 20.4. The molecule has 3 aromatic rings. The SMILES string of the molecule is O=c1ccn(Cc2nnc(-c3cccs3)o2)cc1[N+](=O)[O-]. The number of nitro groups is 1. The third-order valence-electron chi connectivity index (χ3n) is 2.67. The van der Waals surface area contributed by atoms with Crippen LogP contribution in [0.5, 0.6) is 0 Å². The highest BCUT2D eigenvalue weighted by Gasteiger charge is 2.14. The predicted octanol–water partition coefficient (Wildman–Crippen LogP) is 1.92. The number of rotatable bonds is 4. The molecule has 0 aliphatic carbocycles. The van der Waals surface area contributed by atoms with Crippen molar-refractivity contribution in [2.24, 2.45) is 0 Å². The maximum absolute atomic E-state index is 11.3. The highest BCUT2D eigenvalue weighted by molar-refractivity contribution is 7.13. The van der Waals surface area contributed by atoms with Gasteiger partial charge in [-0.1, -0.05) is 6.07 Å². The molecule has 0 spiro atoms. The Morgan fingerprint density at radius 1 is 1.38 bits per heavy atom. The van der Waals surface area contributed by atoms with Crippen molar-refractivity contribution in [2.75, 3.05) is 0 Å². The van der Waals surface area contributed by atoms with Crippen LogP contribution in [-0.4, -0.2) is 19.7 Å². The average Bonchev–Trinajstić information content (AvgIpc) is 3.11. The maximum Gasteiger partial charge on any atom is 0.332 e. The molecule has 0 amide bonds. The van der Waals surface area contributed by atoms with Gasteiger partial charge in [-0.05, 0) is 11.4 Å². The van der Waals surface area contributed by atoms with E-state index in [9.17, 15) is 14.9 Å². The lowest BCUT2D eigenvalue weighted by atomic mass is 10.4. The molecule has 9 heteroatoms. The molecule has 3 aromatic heterocycles. The molecule has 0 saturated carbocycles. The van der Waals surface area contributed by atoms with Crippen molar-refractivity contribution in [3.63, 3.8) is 0 Å². The lowest BCUT2D eigenvalue weighted by molar-refractivity contribution is -0.386. The standard InChI is InChI=1S/C12H8N4O4S/c17-9-3-4-15(6-8(9)16(18)19)7-11-13-14-12(20-11)10-2-1-5-21-10/h1-6H,7H2. The van der Waals surface area contributed by atoms with Crippen molar-refractivity contribution < 1.29 is 9.34 Å². The first-order valence-corrected chi connectivity index (χ1v) is 6.72. The van der Waals surface area contributed by atoms with Crippen molar-refractivity contribution in [3.05, 3.63) is 62.2 Å². The molecule has 8 nitrogen and oxygen atoms in total. The summed E-state index contributed by atoms with van der Waals surface area (Å²) in [6.45, 7) is 0.152. The quantitative estimate of drug-likeness (QED) is 0.538. The Bertz CT molecular complexity index is 837. The summed E-state index contributed by atoms with van der Waals surface area (Å²) in [4.78, 5) is 22.2. The molecule has 0 N–H and O–H groups in total. The number of thiophene rings is 1. The van der Waals surface area contributed by atoms with E-state index < -0.39 is 16.0 Å². The third kappa shape index (κ3) is 2.72. The third-order valence-corrected chi connectivity index (χ3v) is 3.53. The number of pyridine rings is 1. The van der Waals surface area contributed by atoms with Gasteiger partial charge < -0.3 is 8.98 Å². The van der Waals surface area contributed by atoms with Gasteiger partial charge in [-0.25, -0.2) is 0 Å². The minimum atomic E-state index is -0.719. The summed E-state index contributed by atoms with van der Waals surface area (Å²) in [7, 11) is 0. The minimum absolute atomic E-state index is 0.152. The summed E-state index contributed by atoms with van der Waals surface area (Å²) in [5.41, 5.74) is -1.13. The van der Waals surface area contributed by atoms with E-state index in [4.69, 9.17) is 4.42 Å². The summed E-state index contributed by atoms with van der Waals surface area (Å²) < 4.78 is 6.93. The molecule has 0 unspecified atom stereocenters. The van der Waals surface area contributed by atoms with E-state index in [1.807, 2.05) is 17.5 Å². The van der Waals surface area contributed by atoms with Crippen molar-refractivity contribution in [3.8, 4) is 10.8 Å². The van der Waals surface area contributed by atoms with E-state index in [0.717, 1.165) is 17.1 Å².